The Balaban J connectivity index is 1.96. The van der Waals surface area contributed by atoms with Gasteiger partial charge in [-0.05, 0) is 19.1 Å². The lowest BCUT2D eigenvalue weighted by Gasteiger charge is -2.32. The number of thiophene rings is 1. The average Bonchev–Trinajstić information content (AvgIpc) is 2.77. The summed E-state index contributed by atoms with van der Waals surface area (Å²) in [6, 6.07) is 4.74. The summed E-state index contributed by atoms with van der Waals surface area (Å²) >= 11 is 1.76. The summed E-state index contributed by atoms with van der Waals surface area (Å²) in [5, 5.41) is 0. The van der Waals surface area contributed by atoms with Gasteiger partial charge in [-0.1, -0.05) is 11.8 Å². The minimum atomic E-state index is 0.424. The molecule has 0 aromatic carbocycles. The summed E-state index contributed by atoms with van der Waals surface area (Å²) in [5.74, 6) is 5.96. The van der Waals surface area contributed by atoms with Crippen molar-refractivity contribution in [2.75, 3.05) is 26.3 Å². The lowest BCUT2D eigenvalue weighted by Crippen LogP contribution is -2.42. The Kier molecular flexibility index (Phi) is 4.57. The molecule has 0 saturated carbocycles. The molecule has 1 aliphatic rings. The first-order valence-corrected chi connectivity index (χ1v) is 6.70. The van der Waals surface area contributed by atoms with Gasteiger partial charge in [-0.15, -0.1) is 11.3 Å². The van der Waals surface area contributed by atoms with E-state index in [0.717, 1.165) is 31.2 Å². The van der Waals surface area contributed by atoms with Crippen LogP contribution < -0.4 is 5.73 Å². The molecule has 0 aliphatic carbocycles. The van der Waals surface area contributed by atoms with Gasteiger partial charge in [0.15, 0.2) is 0 Å². The molecule has 0 amide bonds. The first kappa shape index (κ1) is 12.6. The first-order valence-electron chi connectivity index (χ1n) is 5.89. The fourth-order valence-corrected chi connectivity index (χ4v) is 2.77. The second-order valence-corrected chi connectivity index (χ2v) is 5.33. The minimum Gasteiger partial charge on any atom is -0.379 e. The van der Waals surface area contributed by atoms with Crippen molar-refractivity contribution in [3.05, 3.63) is 21.9 Å². The summed E-state index contributed by atoms with van der Waals surface area (Å²) in [6.07, 6.45) is 0. The molecule has 1 aromatic rings. The second kappa shape index (κ2) is 6.18. The average molecular weight is 250 g/mol. The van der Waals surface area contributed by atoms with Gasteiger partial charge in [0.2, 0.25) is 0 Å². The van der Waals surface area contributed by atoms with Crippen molar-refractivity contribution in [3.8, 4) is 11.8 Å². The van der Waals surface area contributed by atoms with E-state index in [1.807, 2.05) is 0 Å². The molecule has 0 spiro atoms. The van der Waals surface area contributed by atoms with Crippen molar-refractivity contribution in [2.24, 2.45) is 5.73 Å². The second-order valence-electron chi connectivity index (χ2n) is 4.17. The third-order valence-corrected chi connectivity index (χ3v) is 3.82. The molecule has 0 bridgehead atoms. The molecule has 0 radical (unpaired) electrons. The Morgan fingerprint density at radius 1 is 1.59 bits per heavy atom. The predicted molar refractivity (Wildman–Crippen MR) is 70.9 cm³/mol. The van der Waals surface area contributed by atoms with Gasteiger partial charge in [-0.2, -0.15) is 0 Å². The first-order chi connectivity index (χ1) is 8.29. The molecule has 2 N–H and O–H groups in total. The van der Waals surface area contributed by atoms with E-state index in [9.17, 15) is 0 Å². The summed E-state index contributed by atoms with van der Waals surface area (Å²) in [5.41, 5.74) is 5.36. The van der Waals surface area contributed by atoms with Crippen LogP contribution in [-0.4, -0.2) is 37.2 Å². The highest BCUT2D eigenvalue weighted by Crippen LogP contribution is 2.19. The van der Waals surface area contributed by atoms with Crippen LogP contribution in [0.2, 0.25) is 0 Å². The molecule has 92 valence electrons. The highest BCUT2D eigenvalue weighted by molar-refractivity contribution is 7.12. The summed E-state index contributed by atoms with van der Waals surface area (Å²) < 4.78 is 5.43. The van der Waals surface area contributed by atoms with Gasteiger partial charge in [0.25, 0.3) is 0 Å². The topological polar surface area (TPSA) is 38.5 Å². The highest BCUT2D eigenvalue weighted by atomic mass is 32.1. The zero-order valence-electron chi connectivity index (χ0n) is 10.1. The lowest BCUT2D eigenvalue weighted by atomic mass is 10.2. The van der Waals surface area contributed by atoms with E-state index in [1.54, 1.807) is 11.3 Å². The Morgan fingerprint density at radius 3 is 3.24 bits per heavy atom. The van der Waals surface area contributed by atoms with Crippen LogP contribution in [0.25, 0.3) is 0 Å². The molecule has 1 atom stereocenters. The Hall–Kier alpha value is -0.860. The van der Waals surface area contributed by atoms with Crippen LogP contribution in [0, 0.1) is 11.8 Å². The van der Waals surface area contributed by atoms with Crippen molar-refractivity contribution >= 4 is 11.3 Å². The van der Waals surface area contributed by atoms with E-state index in [0.29, 0.717) is 12.6 Å². The fourth-order valence-electron chi connectivity index (χ4n) is 1.86. The smallest absolute Gasteiger partial charge is 0.0772 e. The van der Waals surface area contributed by atoms with Crippen LogP contribution in [0.1, 0.15) is 16.7 Å². The monoisotopic (exact) mass is 250 g/mol. The van der Waals surface area contributed by atoms with Gasteiger partial charge in [-0.3, -0.25) is 4.90 Å². The normalized spacial score (nSPS) is 20.9. The Morgan fingerprint density at radius 2 is 2.47 bits per heavy atom. The lowest BCUT2D eigenvalue weighted by molar-refractivity contribution is -0.00391. The van der Waals surface area contributed by atoms with Crippen molar-refractivity contribution in [1.29, 1.82) is 0 Å². The van der Waals surface area contributed by atoms with Gasteiger partial charge in [0, 0.05) is 24.0 Å². The SMILES string of the molecule is CC1COCCN1Cc1ccc(C#CCN)s1. The molecule has 1 saturated heterocycles. The minimum absolute atomic E-state index is 0.424. The molecular formula is C13H18N2OS. The van der Waals surface area contributed by atoms with Crippen molar-refractivity contribution in [1.82, 2.24) is 4.90 Å². The van der Waals surface area contributed by atoms with Gasteiger partial charge < -0.3 is 10.5 Å². The molecule has 1 aromatic heterocycles. The maximum Gasteiger partial charge on any atom is 0.0772 e. The van der Waals surface area contributed by atoms with E-state index in [-0.39, 0.29) is 0 Å². The number of morpholine rings is 1. The van der Waals surface area contributed by atoms with Gasteiger partial charge in [-0.25, -0.2) is 0 Å². The van der Waals surface area contributed by atoms with Crippen LogP contribution in [-0.2, 0) is 11.3 Å². The number of rotatable bonds is 2. The van der Waals surface area contributed by atoms with Crippen LogP contribution >= 0.6 is 11.3 Å². The number of hydrogen-bond donors (Lipinski definition) is 1. The molecule has 1 aliphatic heterocycles. The molecule has 1 fully saturated rings. The fraction of sp³-hybridized carbons (Fsp3) is 0.538. The van der Waals surface area contributed by atoms with E-state index in [1.165, 1.54) is 4.88 Å². The Labute approximate surface area is 107 Å². The van der Waals surface area contributed by atoms with Crippen molar-refractivity contribution in [3.63, 3.8) is 0 Å². The van der Waals surface area contributed by atoms with Crippen molar-refractivity contribution in [2.45, 2.75) is 19.5 Å². The maximum atomic E-state index is 5.43. The van der Waals surface area contributed by atoms with E-state index in [2.05, 4.69) is 35.8 Å². The number of ether oxygens (including phenoxy) is 1. The zero-order chi connectivity index (χ0) is 12.1. The highest BCUT2D eigenvalue weighted by Gasteiger charge is 2.19. The molecule has 17 heavy (non-hydrogen) atoms. The molecule has 4 heteroatoms. The molecule has 3 nitrogen and oxygen atoms in total. The summed E-state index contributed by atoms with van der Waals surface area (Å²) in [6.45, 7) is 6.33. The summed E-state index contributed by atoms with van der Waals surface area (Å²) in [7, 11) is 0. The van der Waals surface area contributed by atoms with Gasteiger partial charge >= 0.3 is 0 Å². The molecule has 2 heterocycles. The zero-order valence-corrected chi connectivity index (χ0v) is 10.9. The predicted octanol–water partition coefficient (Wildman–Crippen LogP) is 1.28. The maximum absolute atomic E-state index is 5.43. The van der Waals surface area contributed by atoms with Crippen molar-refractivity contribution < 1.29 is 4.74 Å². The third kappa shape index (κ3) is 3.55. The van der Waals surface area contributed by atoms with E-state index in [4.69, 9.17) is 10.5 Å². The number of hydrogen-bond acceptors (Lipinski definition) is 4. The molecular weight excluding hydrogens is 232 g/mol. The number of nitrogens with zero attached hydrogens (tertiary/aromatic N) is 1. The largest absolute Gasteiger partial charge is 0.379 e. The standard InChI is InChI=1S/C13H18N2OS/c1-11-10-16-8-7-15(11)9-13-5-4-12(17-13)3-2-6-14/h4-5,11H,6-10,14H2,1H3. The van der Waals surface area contributed by atoms with Gasteiger partial charge in [0.05, 0.1) is 24.6 Å². The van der Waals surface area contributed by atoms with Crippen LogP contribution in [0.15, 0.2) is 12.1 Å². The summed E-state index contributed by atoms with van der Waals surface area (Å²) in [4.78, 5) is 4.92. The quantitative estimate of drug-likeness (QED) is 0.804. The van der Waals surface area contributed by atoms with E-state index < -0.39 is 0 Å². The van der Waals surface area contributed by atoms with Crippen LogP contribution in [0.5, 0.6) is 0 Å². The van der Waals surface area contributed by atoms with Crippen LogP contribution in [0.3, 0.4) is 0 Å². The van der Waals surface area contributed by atoms with Gasteiger partial charge in [0.1, 0.15) is 0 Å². The Bertz CT molecular complexity index is 419. The third-order valence-electron chi connectivity index (χ3n) is 2.84. The molecule has 2 rings (SSSR count). The van der Waals surface area contributed by atoms with E-state index >= 15 is 0 Å². The number of nitrogens with two attached hydrogens (primary N) is 1. The van der Waals surface area contributed by atoms with Crippen LogP contribution in [0.4, 0.5) is 0 Å². The molecule has 1 unspecified atom stereocenters.